The van der Waals surface area contributed by atoms with Gasteiger partial charge in [0.05, 0.1) is 25.5 Å². The monoisotopic (exact) mass is 485 g/mol. The van der Waals surface area contributed by atoms with Crippen molar-refractivity contribution in [2.45, 2.75) is 32.5 Å². The van der Waals surface area contributed by atoms with E-state index in [2.05, 4.69) is 28.2 Å². The van der Waals surface area contributed by atoms with Crippen LogP contribution in [0.1, 0.15) is 17.0 Å². The summed E-state index contributed by atoms with van der Waals surface area (Å²) in [4.78, 5) is 2.18. The largest absolute Gasteiger partial charge is 0.492 e. The van der Waals surface area contributed by atoms with Gasteiger partial charge < -0.3 is 19.3 Å². The Kier molecular flexibility index (Phi) is 8.11. The third-order valence-corrected chi connectivity index (χ3v) is 5.96. The zero-order valence-electron chi connectivity index (χ0n) is 19.7. The number of hydrogen-bond acceptors (Lipinski definition) is 6. The van der Waals surface area contributed by atoms with Crippen LogP contribution in [-0.4, -0.2) is 64.9 Å². The average Bonchev–Trinajstić information content (AvgIpc) is 3.00. The molecule has 1 fully saturated rings. The van der Waals surface area contributed by atoms with E-state index >= 15 is 0 Å². The molecule has 0 bridgehead atoms. The van der Waals surface area contributed by atoms with Gasteiger partial charge in [0.2, 0.25) is 0 Å². The van der Waals surface area contributed by atoms with Crippen molar-refractivity contribution < 1.29 is 19.3 Å². The van der Waals surface area contributed by atoms with Crippen molar-refractivity contribution in [2.75, 3.05) is 39.5 Å². The first-order valence-corrected chi connectivity index (χ1v) is 11.9. The number of ether oxygens (including phenoxy) is 3. The lowest BCUT2D eigenvalue weighted by Gasteiger charge is -2.30. The number of benzene rings is 2. The van der Waals surface area contributed by atoms with Crippen LogP contribution in [0.2, 0.25) is 5.02 Å². The van der Waals surface area contributed by atoms with Gasteiger partial charge in [-0.25, -0.2) is 0 Å². The number of aliphatic hydroxyl groups is 1. The summed E-state index contributed by atoms with van der Waals surface area (Å²) in [5.74, 6) is 1.45. The lowest BCUT2D eigenvalue weighted by Crippen LogP contribution is -2.48. The Morgan fingerprint density at radius 1 is 1.09 bits per heavy atom. The highest BCUT2D eigenvalue weighted by Crippen LogP contribution is 2.22. The van der Waals surface area contributed by atoms with E-state index in [0.717, 1.165) is 29.2 Å². The molecule has 2 heterocycles. The van der Waals surface area contributed by atoms with Gasteiger partial charge in [-0.05, 0) is 55.8 Å². The van der Waals surface area contributed by atoms with E-state index < -0.39 is 5.60 Å². The number of β-amino-alcohol motifs (C(OH)–C–C–N with tert-alkyl or cyclic N) is 1. The van der Waals surface area contributed by atoms with E-state index in [4.69, 9.17) is 25.8 Å². The summed E-state index contributed by atoms with van der Waals surface area (Å²) in [5.41, 5.74) is 2.14. The quantitative estimate of drug-likeness (QED) is 0.496. The fraction of sp³-hybridized carbons (Fsp3) is 0.423. The number of rotatable bonds is 9. The summed E-state index contributed by atoms with van der Waals surface area (Å²) >= 11 is 6.03. The van der Waals surface area contributed by atoms with Crippen LogP contribution in [-0.2, 0) is 17.8 Å². The van der Waals surface area contributed by atoms with Gasteiger partial charge in [-0.1, -0.05) is 29.8 Å². The van der Waals surface area contributed by atoms with Crippen molar-refractivity contribution in [3.63, 3.8) is 0 Å². The van der Waals surface area contributed by atoms with E-state index in [0.29, 0.717) is 43.6 Å². The predicted molar refractivity (Wildman–Crippen MR) is 132 cm³/mol. The van der Waals surface area contributed by atoms with Crippen LogP contribution in [0, 0.1) is 13.8 Å². The van der Waals surface area contributed by atoms with Gasteiger partial charge in [0.1, 0.15) is 30.3 Å². The van der Waals surface area contributed by atoms with E-state index in [1.54, 1.807) is 12.1 Å². The summed E-state index contributed by atoms with van der Waals surface area (Å²) in [6, 6.07) is 17.3. The van der Waals surface area contributed by atoms with Crippen LogP contribution in [0.25, 0.3) is 0 Å². The molecule has 0 saturated carbocycles. The second-order valence-electron chi connectivity index (χ2n) is 8.88. The summed E-state index contributed by atoms with van der Waals surface area (Å²) in [6.07, 6.45) is 0. The van der Waals surface area contributed by atoms with Gasteiger partial charge >= 0.3 is 0 Å². The maximum absolute atomic E-state index is 11.2. The van der Waals surface area contributed by atoms with Crippen molar-refractivity contribution in [3.8, 4) is 11.5 Å². The molecule has 1 N–H and O–H groups in total. The smallest absolute Gasteiger partial charge is 0.134 e. The van der Waals surface area contributed by atoms with Crippen LogP contribution in [0.5, 0.6) is 11.5 Å². The second kappa shape index (κ2) is 11.2. The highest BCUT2D eigenvalue weighted by molar-refractivity contribution is 6.30. The molecule has 7 nitrogen and oxygen atoms in total. The molecule has 8 heteroatoms. The minimum atomic E-state index is -1.12. The Morgan fingerprint density at radius 2 is 1.88 bits per heavy atom. The van der Waals surface area contributed by atoms with Crippen molar-refractivity contribution in [2.24, 2.45) is 0 Å². The molecule has 0 radical (unpaired) electrons. The van der Waals surface area contributed by atoms with Crippen molar-refractivity contribution >= 4 is 11.6 Å². The van der Waals surface area contributed by atoms with E-state index in [1.807, 2.05) is 42.8 Å². The zero-order valence-corrected chi connectivity index (χ0v) is 20.5. The van der Waals surface area contributed by atoms with Crippen molar-refractivity contribution in [1.29, 1.82) is 0 Å². The molecule has 0 spiro atoms. The lowest BCUT2D eigenvalue weighted by atomic mass is 10.1. The Labute approximate surface area is 205 Å². The summed E-state index contributed by atoms with van der Waals surface area (Å²) in [5, 5.41) is 16.2. The molecule has 0 amide bonds. The van der Waals surface area contributed by atoms with Gasteiger partial charge in [-0.15, -0.1) is 0 Å². The molecular weight excluding hydrogens is 454 g/mol. The summed E-state index contributed by atoms with van der Waals surface area (Å²) < 4.78 is 19.5. The normalized spacial score (nSPS) is 19.1. The summed E-state index contributed by atoms with van der Waals surface area (Å²) in [7, 11) is 0. The Balaban J connectivity index is 1.32. The molecule has 34 heavy (non-hydrogen) atoms. The van der Waals surface area contributed by atoms with Gasteiger partial charge in [-0.3, -0.25) is 9.58 Å². The Morgan fingerprint density at radius 3 is 2.65 bits per heavy atom. The SMILES string of the molecule is Cc1cc(C)n(CCOc2cccc(CN3CCOCC(O)(COc4cccc(Cl)c4)C3)c2)n1. The van der Waals surface area contributed by atoms with E-state index in [9.17, 15) is 5.11 Å². The fourth-order valence-corrected chi connectivity index (χ4v) is 4.32. The first-order valence-electron chi connectivity index (χ1n) is 11.5. The molecule has 1 saturated heterocycles. The molecule has 3 aromatic rings. The second-order valence-corrected chi connectivity index (χ2v) is 9.32. The minimum Gasteiger partial charge on any atom is -0.492 e. The third-order valence-electron chi connectivity index (χ3n) is 5.72. The van der Waals surface area contributed by atoms with Crippen LogP contribution in [0.15, 0.2) is 54.6 Å². The zero-order chi connectivity index (χ0) is 24.0. The number of nitrogens with zero attached hydrogens (tertiary/aromatic N) is 3. The van der Waals surface area contributed by atoms with Gasteiger partial charge in [0.15, 0.2) is 0 Å². The fourth-order valence-electron chi connectivity index (χ4n) is 4.14. The maximum Gasteiger partial charge on any atom is 0.134 e. The molecule has 1 aliphatic heterocycles. The number of hydrogen-bond donors (Lipinski definition) is 1. The average molecular weight is 486 g/mol. The van der Waals surface area contributed by atoms with Crippen molar-refractivity contribution in [3.05, 3.63) is 76.6 Å². The van der Waals surface area contributed by atoms with Crippen LogP contribution in [0.3, 0.4) is 0 Å². The molecule has 4 rings (SSSR count). The van der Waals surface area contributed by atoms with Gasteiger partial charge in [-0.2, -0.15) is 5.10 Å². The number of halogens is 1. The molecule has 1 aromatic heterocycles. The van der Waals surface area contributed by atoms with Gasteiger partial charge in [0.25, 0.3) is 0 Å². The third kappa shape index (κ3) is 6.96. The minimum absolute atomic E-state index is 0.124. The first kappa shape index (κ1) is 24.5. The van der Waals surface area contributed by atoms with E-state index in [-0.39, 0.29) is 13.2 Å². The molecule has 1 aliphatic rings. The molecule has 1 unspecified atom stereocenters. The lowest BCUT2D eigenvalue weighted by molar-refractivity contribution is -0.0646. The maximum atomic E-state index is 11.2. The van der Waals surface area contributed by atoms with Crippen LogP contribution >= 0.6 is 11.6 Å². The van der Waals surface area contributed by atoms with E-state index in [1.165, 1.54) is 0 Å². The number of aromatic nitrogens is 2. The topological polar surface area (TPSA) is 69.0 Å². The molecule has 2 aromatic carbocycles. The molecule has 182 valence electrons. The molecular formula is C26H32ClN3O4. The first-order chi connectivity index (χ1) is 16.4. The standard InChI is InChI=1S/C26H32ClN3O4/c1-20-13-21(2)30(28-20)10-12-33-24-7-3-5-22(14-24)16-29-9-11-32-18-26(31,17-29)19-34-25-8-4-6-23(27)15-25/h3-8,13-15,31H,9-12,16-19H2,1-2H3. The highest BCUT2D eigenvalue weighted by Gasteiger charge is 2.33. The Hall–Kier alpha value is -2.58. The van der Waals surface area contributed by atoms with Crippen molar-refractivity contribution in [1.82, 2.24) is 14.7 Å². The highest BCUT2D eigenvalue weighted by atomic mass is 35.5. The predicted octanol–water partition coefficient (Wildman–Crippen LogP) is 3.87. The van der Waals surface area contributed by atoms with Gasteiger partial charge in [0, 0.05) is 30.4 Å². The van der Waals surface area contributed by atoms with Crippen LogP contribution in [0.4, 0.5) is 0 Å². The van der Waals surface area contributed by atoms with Crippen LogP contribution < -0.4 is 9.47 Å². The molecule has 1 atom stereocenters. The summed E-state index contributed by atoms with van der Waals surface area (Å²) in [6.45, 7) is 8.03. The Bertz CT molecular complexity index is 1090. The number of aryl methyl sites for hydroxylation is 2. The molecule has 0 aliphatic carbocycles.